The highest BCUT2D eigenvalue weighted by Gasteiger charge is 2.18. The van der Waals surface area contributed by atoms with Gasteiger partial charge in [0.2, 0.25) is 5.75 Å². The summed E-state index contributed by atoms with van der Waals surface area (Å²) in [6, 6.07) is 11.9. The molecule has 8 nitrogen and oxygen atoms in total. The molecule has 0 aliphatic carbocycles. The van der Waals surface area contributed by atoms with Crippen LogP contribution >= 0.6 is 0 Å². The van der Waals surface area contributed by atoms with Crippen LogP contribution in [-0.2, 0) is 9.59 Å². The molecule has 0 saturated carbocycles. The van der Waals surface area contributed by atoms with Gasteiger partial charge in [-0.3, -0.25) is 9.59 Å². The summed E-state index contributed by atoms with van der Waals surface area (Å²) in [4.78, 5) is 24.0. The Hall–Kier alpha value is -3.99. The predicted octanol–water partition coefficient (Wildman–Crippen LogP) is 3.42. The van der Waals surface area contributed by atoms with Crippen molar-refractivity contribution in [1.82, 2.24) is 5.32 Å². The highest BCUT2D eigenvalue weighted by atomic mass is 16.6. The third kappa shape index (κ3) is 6.00. The third-order valence-electron chi connectivity index (χ3n) is 4.35. The number of ether oxygens (including phenoxy) is 4. The number of benzene rings is 2. The molecule has 0 spiro atoms. The minimum absolute atomic E-state index is 0.112. The van der Waals surface area contributed by atoms with Crippen molar-refractivity contribution in [2.45, 2.75) is 19.9 Å². The molecule has 0 heterocycles. The SMILES string of the molecule is COc1cccc([C@H](C)NC(=O)/C(C#N)=C/c2cc(OC)c(OC(C)=O)c(OC)c2)c1. The van der Waals surface area contributed by atoms with Gasteiger partial charge >= 0.3 is 5.97 Å². The van der Waals surface area contributed by atoms with E-state index in [0.717, 1.165) is 5.56 Å². The lowest BCUT2D eigenvalue weighted by Gasteiger charge is -2.15. The normalized spacial score (nSPS) is 11.7. The Kier molecular flexibility index (Phi) is 8.03. The second-order valence-electron chi connectivity index (χ2n) is 6.49. The second-order valence-corrected chi connectivity index (χ2v) is 6.49. The maximum Gasteiger partial charge on any atom is 0.308 e. The van der Waals surface area contributed by atoms with Crippen LogP contribution < -0.4 is 24.3 Å². The highest BCUT2D eigenvalue weighted by Crippen LogP contribution is 2.39. The first-order valence-corrected chi connectivity index (χ1v) is 9.34. The lowest BCUT2D eigenvalue weighted by Crippen LogP contribution is -2.27. The van der Waals surface area contributed by atoms with Gasteiger partial charge in [0.25, 0.3) is 5.91 Å². The summed E-state index contributed by atoms with van der Waals surface area (Å²) in [5.41, 5.74) is 1.18. The molecule has 1 atom stereocenters. The Morgan fingerprint density at radius 3 is 2.23 bits per heavy atom. The first kappa shape index (κ1) is 23.3. The van der Waals surface area contributed by atoms with Crippen molar-refractivity contribution >= 4 is 18.0 Å². The van der Waals surface area contributed by atoms with Crippen LogP contribution in [-0.4, -0.2) is 33.2 Å². The number of nitriles is 1. The molecule has 1 amide bonds. The van der Waals surface area contributed by atoms with Gasteiger partial charge in [-0.05, 0) is 48.4 Å². The van der Waals surface area contributed by atoms with Gasteiger partial charge in [-0.2, -0.15) is 5.26 Å². The largest absolute Gasteiger partial charge is 0.497 e. The molecule has 1 N–H and O–H groups in total. The van der Waals surface area contributed by atoms with Crippen molar-refractivity contribution in [3.8, 4) is 29.1 Å². The monoisotopic (exact) mass is 424 g/mol. The second kappa shape index (κ2) is 10.7. The molecule has 0 aromatic heterocycles. The van der Waals surface area contributed by atoms with E-state index in [0.29, 0.717) is 11.3 Å². The average Bonchev–Trinajstić information content (AvgIpc) is 2.77. The summed E-state index contributed by atoms with van der Waals surface area (Å²) in [6.07, 6.45) is 1.40. The first-order valence-electron chi connectivity index (χ1n) is 9.34. The molecule has 0 fully saturated rings. The fraction of sp³-hybridized carbons (Fsp3) is 0.261. The van der Waals surface area contributed by atoms with Gasteiger partial charge in [-0.1, -0.05) is 12.1 Å². The quantitative estimate of drug-likeness (QED) is 0.299. The highest BCUT2D eigenvalue weighted by molar-refractivity contribution is 6.02. The van der Waals surface area contributed by atoms with Crippen LogP contribution in [0.15, 0.2) is 42.0 Å². The van der Waals surface area contributed by atoms with E-state index in [2.05, 4.69) is 5.32 Å². The Bertz CT molecular complexity index is 1010. The molecule has 0 radical (unpaired) electrons. The number of carbonyl (C=O) groups excluding carboxylic acids is 2. The molecule has 162 valence electrons. The molecule has 0 aliphatic heterocycles. The van der Waals surface area contributed by atoms with Crippen LogP contribution in [0, 0.1) is 11.3 Å². The van der Waals surface area contributed by atoms with Crippen molar-refractivity contribution in [2.75, 3.05) is 21.3 Å². The molecule has 0 aliphatic rings. The van der Waals surface area contributed by atoms with Crippen molar-refractivity contribution in [2.24, 2.45) is 0 Å². The van der Waals surface area contributed by atoms with E-state index in [1.165, 1.54) is 39.4 Å². The Labute approximate surface area is 181 Å². The molecule has 0 saturated heterocycles. The Morgan fingerprint density at radius 1 is 1.06 bits per heavy atom. The van der Waals surface area contributed by atoms with Crippen molar-refractivity contribution < 1.29 is 28.5 Å². The maximum atomic E-state index is 12.7. The van der Waals surface area contributed by atoms with Crippen LogP contribution in [0.4, 0.5) is 0 Å². The van der Waals surface area contributed by atoms with Crippen molar-refractivity contribution in [3.63, 3.8) is 0 Å². The number of amides is 1. The Balaban J connectivity index is 2.32. The standard InChI is InChI=1S/C23H24N2O6/c1-14(17-7-6-8-19(12-17)28-3)25-23(27)18(13-24)9-16-10-20(29-4)22(31-15(2)26)21(11-16)30-5/h6-12,14H,1-5H3,(H,25,27)/b18-9+/t14-/m0/s1. The Morgan fingerprint density at radius 2 is 1.71 bits per heavy atom. The van der Waals surface area contributed by atoms with Gasteiger partial charge in [0.15, 0.2) is 11.5 Å². The lowest BCUT2D eigenvalue weighted by atomic mass is 10.1. The molecule has 31 heavy (non-hydrogen) atoms. The van der Waals surface area contributed by atoms with E-state index in [9.17, 15) is 14.9 Å². The van der Waals surface area contributed by atoms with E-state index in [4.69, 9.17) is 18.9 Å². The zero-order valence-electron chi connectivity index (χ0n) is 18.0. The van der Waals surface area contributed by atoms with Gasteiger partial charge in [0.05, 0.1) is 27.4 Å². The van der Waals surface area contributed by atoms with E-state index >= 15 is 0 Å². The van der Waals surface area contributed by atoms with Gasteiger partial charge in [-0.15, -0.1) is 0 Å². The van der Waals surface area contributed by atoms with Crippen molar-refractivity contribution in [1.29, 1.82) is 5.26 Å². The number of methoxy groups -OCH3 is 3. The first-order chi connectivity index (χ1) is 14.8. The number of esters is 1. The number of carbonyl (C=O) groups is 2. The van der Waals surface area contributed by atoms with Crippen LogP contribution in [0.3, 0.4) is 0 Å². The third-order valence-corrected chi connectivity index (χ3v) is 4.35. The number of nitrogens with zero attached hydrogens (tertiary/aromatic N) is 1. The number of rotatable bonds is 8. The summed E-state index contributed by atoms with van der Waals surface area (Å²) >= 11 is 0. The van der Waals surface area contributed by atoms with Gasteiger partial charge in [-0.25, -0.2) is 0 Å². The lowest BCUT2D eigenvalue weighted by molar-refractivity contribution is -0.132. The van der Waals surface area contributed by atoms with E-state index in [1.807, 2.05) is 31.2 Å². The smallest absolute Gasteiger partial charge is 0.308 e. The summed E-state index contributed by atoms with van der Waals surface area (Å²) in [5, 5.41) is 12.3. The van der Waals surface area contributed by atoms with Crippen molar-refractivity contribution in [3.05, 3.63) is 53.1 Å². The topological polar surface area (TPSA) is 107 Å². The minimum atomic E-state index is -0.542. The van der Waals surface area contributed by atoms with Gasteiger partial charge in [0.1, 0.15) is 17.4 Å². The van der Waals surface area contributed by atoms with E-state index in [1.54, 1.807) is 13.2 Å². The van der Waals surface area contributed by atoms with Crippen LogP contribution in [0.25, 0.3) is 6.08 Å². The summed E-state index contributed by atoms with van der Waals surface area (Å²) in [5.74, 6) is 0.154. The molecular formula is C23H24N2O6. The summed E-state index contributed by atoms with van der Waals surface area (Å²) in [7, 11) is 4.38. The van der Waals surface area contributed by atoms with Crippen LogP contribution in [0.1, 0.15) is 31.0 Å². The summed E-state index contributed by atoms with van der Waals surface area (Å²) < 4.78 is 20.9. The molecular weight excluding hydrogens is 400 g/mol. The maximum absolute atomic E-state index is 12.7. The van der Waals surface area contributed by atoms with E-state index in [-0.39, 0.29) is 28.9 Å². The fourth-order valence-electron chi connectivity index (χ4n) is 2.81. The van der Waals surface area contributed by atoms with Gasteiger partial charge < -0.3 is 24.3 Å². The van der Waals surface area contributed by atoms with Crippen LogP contribution in [0.5, 0.6) is 23.0 Å². The van der Waals surface area contributed by atoms with Gasteiger partial charge in [0, 0.05) is 6.92 Å². The molecule has 2 aromatic carbocycles. The molecule has 0 bridgehead atoms. The number of hydrogen-bond acceptors (Lipinski definition) is 7. The zero-order valence-corrected chi connectivity index (χ0v) is 18.0. The fourth-order valence-corrected chi connectivity index (χ4v) is 2.81. The predicted molar refractivity (Wildman–Crippen MR) is 114 cm³/mol. The zero-order chi connectivity index (χ0) is 23.0. The number of hydrogen-bond donors (Lipinski definition) is 1. The molecule has 2 aromatic rings. The molecule has 0 unspecified atom stereocenters. The molecule has 2 rings (SSSR count). The number of nitrogens with one attached hydrogen (secondary N) is 1. The minimum Gasteiger partial charge on any atom is -0.497 e. The van der Waals surface area contributed by atoms with Crippen LogP contribution in [0.2, 0.25) is 0 Å². The average molecular weight is 424 g/mol. The van der Waals surface area contributed by atoms with E-state index < -0.39 is 11.9 Å². The molecule has 8 heteroatoms. The summed E-state index contributed by atoms with van der Waals surface area (Å²) in [6.45, 7) is 3.07.